The summed E-state index contributed by atoms with van der Waals surface area (Å²) in [6.45, 7) is 8.36. The first-order chi connectivity index (χ1) is 12.6. The van der Waals surface area contributed by atoms with Crippen molar-refractivity contribution in [2.45, 2.75) is 20.8 Å². The predicted molar refractivity (Wildman–Crippen MR) is 111 cm³/mol. The Kier molecular flexibility index (Phi) is 5.63. The highest BCUT2D eigenvalue weighted by Gasteiger charge is 2.07. The van der Waals surface area contributed by atoms with Crippen LogP contribution in [-0.4, -0.2) is 34.2 Å². The van der Waals surface area contributed by atoms with Gasteiger partial charge in [-0.2, -0.15) is 14.9 Å². The van der Waals surface area contributed by atoms with Crippen LogP contribution in [0, 0.1) is 11.7 Å². The van der Waals surface area contributed by atoms with E-state index in [0.29, 0.717) is 10.6 Å². The topological polar surface area (TPSA) is 49.2 Å². The Morgan fingerprint density at radius 1 is 1.08 bits per heavy atom. The van der Waals surface area contributed by atoms with Crippen molar-refractivity contribution in [1.29, 1.82) is 0 Å². The van der Waals surface area contributed by atoms with Crippen molar-refractivity contribution in [1.82, 2.24) is 14.9 Å². The van der Waals surface area contributed by atoms with Crippen LogP contribution < -0.4 is 4.90 Å². The third-order valence-electron chi connectivity index (χ3n) is 4.30. The van der Waals surface area contributed by atoms with E-state index < -0.39 is 0 Å². The molecule has 0 aliphatic rings. The van der Waals surface area contributed by atoms with Crippen LogP contribution in [0.25, 0.3) is 11.4 Å². The maximum atomic E-state index is 5.32. The molecule has 0 saturated carbocycles. The average Bonchev–Trinajstić information content (AvgIpc) is 3.03. The van der Waals surface area contributed by atoms with Crippen molar-refractivity contribution in [2.75, 3.05) is 18.0 Å². The first-order valence-electron chi connectivity index (χ1n) is 8.76. The van der Waals surface area contributed by atoms with E-state index in [-0.39, 0.29) is 0 Å². The van der Waals surface area contributed by atoms with Gasteiger partial charge in [-0.1, -0.05) is 42.0 Å². The van der Waals surface area contributed by atoms with Crippen LogP contribution in [0.5, 0.6) is 0 Å². The molecule has 0 saturated heterocycles. The Bertz CT molecular complexity index is 932. The maximum Gasteiger partial charge on any atom is 0.216 e. The largest absolute Gasteiger partial charge is 0.372 e. The Balaban J connectivity index is 1.86. The maximum absolute atomic E-state index is 5.32. The number of H-pyrrole nitrogens is 1. The molecule has 0 spiro atoms. The molecule has 6 heteroatoms. The van der Waals surface area contributed by atoms with Crippen molar-refractivity contribution in [3.05, 3.63) is 64.4 Å². The zero-order valence-electron chi connectivity index (χ0n) is 15.3. The van der Waals surface area contributed by atoms with Gasteiger partial charge in [0.05, 0.1) is 6.21 Å². The molecule has 1 N–H and O–H groups in total. The lowest BCUT2D eigenvalue weighted by molar-refractivity contribution is 0.865. The quantitative estimate of drug-likeness (QED) is 0.511. The van der Waals surface area contributed by atoms with E-state index in [1.165, 1.54) is 11.3 Å². The number of hydrogen-bond acceptors (Lipinski definition) is 4. The van der Waals surface area contributed by atoms with Crippen molar-refractivity contribution in [2.24, 2.45) is 5.10 Å². The third kappa shape index (κ3) is 3.91. The van der Waals surface area contributed by atoms with E-state index in [9.17, 15) is 0 Å². The molecule has 0 aliphatic heterocycles. The average molecular weight is 366 g/mol. The second-order valence-corrected chi connectivity index (χ2v) is 6.43. The summed E-state index contributed by atoms with van der Waals surface area (Å²) in [5.74, 6) is 0.700. The van der Waals surface area contributed by atoms with Gasteiger partial charge in [0, 0.05) is 24.3 Å². The number of benzene rings is 2. The molecule has 0 unspecified atom stereocenters. The van der Waals surface area contributed by atoms with E-state index in [1.54, 1.807) is 10.9 Å². The van der Waals surface area contributed by atoms with E-state index in [2.05, 4.69) is 65.2 Å². The summed E-state index contributed by atoms with van der Waals surface area (Å²) >= 11 is 5.32. The Morgan fingerprint density at radius 2 is 1.73 bits per heavy atom. The van der Waals surface area contributed by atoms with Crippen molar-refractivity contribution >= 4 is 24.1 Å². The number of aromatic amines is 1. The minimum Gasteiger partial charge on any atom is -0.372 e. The fourth-order valence-corrected chi connectivity index (χ4v) is 2.95. The second kappa shape index (κ2) is 8.10. The van der Waals surface area contributed by atoms with E-state index in [0.717, 1.165) is 24.2 Å². The van der Waals surface area contributed by atoms with Gasteiger partial charge < -0.3 is 4.90 Å². The van der Waals surface area contributed by atoms with Gasteiger partial charge in [0.25, 0.3) is 0 Å². The van der Waals surface area contributed by atoms with Gasteiger partial charge in [-0.05, 0) is 50.7 Å². The fraction of sp³-hybridized carbons (Fsp3) is 0.250. The molecule has 1 aromatic heterocycles. The summed E-state index contributed by atoms with van der Waals surface area (Å²) in [6.07, 6.45) is 1.80. The van der Waals surface area contributed by atoms with Gasteiger partial charge in [-0.3, -0.25) is 0 Å². The lowest BCUT2D eigenvalue weighted by atomic mass is 10.1. The van der Waals surface area contributed by atoms with Gasteiger partial charge in [0.2, 0.25) is 4.77 Å². The van der Waals surface area contributed by atoms with Crippen molar-refractivity contribution in [3.8, 4) is 11.4 Å². The Hall–Kier alpha value is -2.73. The summed E-state index contributed by atoms with van der Waals surface area (Å²) in [7, 11) is 0. The molecule has 0 aliphatic carbocycles. The summed E-state index contributed by atoms with van der Waals surface area (Å²) in [5, 5.41) is 11.7. The number of rotatable bonds is 6. The molecule has 0 bridgehead atoms. The van der Waals surface area contributed by atoms with Gasteiger partial charge >= 0.3 is 0 Å². The molecule has 0 amide bonds. The van der Waals surface area contributed by atoms with Gasteiger partial charge in [-0.15, -0.1) is 0 Å². The van der Waals surface area contributed by atoms with Gasteiger partial charge in [0.15, 0.2) is 5.82 Å². The standard InChI is InChI=1S/C20H23N5S/c1-4-24(5-2)18-12-8-16(9-13-18)14-21-25-19(22-23-20(25)26)17-10-6-15(3)7-11-17/h6-14H,4-5H2,1-3H3,(H,23,26)/b21-14-. The number of nitrogens with one attached hydrogen (secondary N) is 1. The molecule has 134 valence electrons. The summed E-state index contributed by atoms with van der Waals surface area (Å²) < 4.78 is 2.12. The Morgan fingerprint density at radius 3 is 2.35 bits per heavy atom. The van der Waals surface area contributed by atoms with Crippen molar-refractivity contribution in [3.63, 3.8) is 0 Å². The zero-order valence-corrected chi connectivity index (χ0v) is 16.1. The number of aromatic nitrogens is 3. The molecule has 0 atom stereocenters. The number of aryl methyl sites for hydroxylation is 1. The minimum absolute atomic E-state index is 0.469. The molecule has 26 heavy (non-hydrogen) atoms. The van der Waals surface area contributed by atoms with Crippen LogP contribution in [0.15, 0.2) is 53.6 Å². The monoisotopic (exact) mass is 365 g/mol. The molecule has 5 nitrogen and oxygen atoms in total. The summed E-state index contributed by atoms with van der Waals surface area (Å²) in [4.78, 5) is 2.31. The van der Waals surface area contributed by atoms with Crippen LogP contribution in [0.2, 0.25) is 0 Å². The second-order valence-electron chi connectivity index (χ2n) is 6.04. The van der Waals surface area contributed by atoms with Crippen LogP contribution >= 0.6 is 12.2 Å². The molecule has 2 aromatic carbocycles. The van der Waals surface area contributed by atoms with Crippen LogP contribution in [0.1, 0.15) is 25.0 Å². The SMILES string of the molecule is CCN(CC)c1ccc(/C=N\n2c(-c3ccc(C)cc3)n[nH]c2=S)cc1. The molecular formula is C20H23N5S. The van der Waals surface area contributed by atoms with Gasteiger partial charge in [-0.25, -0.2) is 5.10 Å². The third-order valence-corrected chi connectivity index (χ3v) is 4.57. The number of anilines is 1. The van der Waals surface area contributed by atoms with Crippen LogP contribution in [-0.2, 0) is 0 Å². The lowest BCUT2D eigenvalue weighted by Gasteiger charge is -2.20. The highest BCUT2D eigenvalue weighted by molar-refractivity contribution is 7.71. The highest BCUT2D eigenvalue weighted by Crippen LogP contribution is 2.18. The Labute approximate surface area is 159 Å². The van der Waals surface area contributed by atoms with Crippen LogP contribution in [0.3, 0.4) is 0 Å². The molecule has 3 rings (SSSR count). The number of hydrogen-bond donors (Lipinski definition) is 1. The lowest BCUT2D eigenvalue weighted by Crippen LogP contribution is -2.21. The van der Waals surface area contributed by atoms with Crippen molar-refractivity contribution < 1.29 is 0 Å². The minimum atomic E-state index is 0.469. The molecule has 3 aromatic rings. The normalized spacial score (nSPS) is 11.2. The fourth-order valence-electron chi connectivity index (χ4n) is 2.77. The summed E-state index contributed by atoms with van der Waals surface area (Å²) in [5.41, 5.74) is 4.40. The van der Waals surface area contributed by atoms with E-state index in [1.807, 2.05) is 24.3 Å². The zero-order chi connectivity index (χ0) is 18.5. The smallest absolute Gasteiger partial charge is 0.216 e. The number of nitrogens with zero attached hydrogens (tertiary/aromatic N) is 4. The van der Waals surface area contributed by atoms with Gasteiger partial charge in [0.1, 0.15) is 0 Å². The first kappa shape index (κ1) is 18.1. The highest BCUT2D eigenvalue weighted by atomic mass is 32.1. The molecule has 0 fully saturated rings. The van der Waals surface area contributed by atoms with E-state index >= 15 is 0 Å². The molecule has 0 radical (unpaired) electrons. The summed E-state index contributed by atoms with van der Waals surface area (Å²) in [6, 6.07) is 16.5. The predicted octanol–water partition coefficient (Wildman–Crippen LogP) is 4.64. The first-order valence-corrected chi connectivity index (χ1v) is 9.17. The van der Waals surface area contributed by atoms with Crippen LogP contribution in [0.4, 0.5) is 5.69 Å². The molecule has 1 heterocycles. The molecular weight excluding hydrogens is 342 g/mol. The van der Waals surface area contributed by atoms with E-state index in [4.69, 9.17) is 12.2 Å².